The Morgan fingerprint density at radius 2 is 1.97 bits per heavy atom. The van der Waals surface area contributed by atoms with E-state index in [0.717, 1.165) is 5.56 Å². The summed E-state index contributed by atoms with van der Waals surface area (Å²) in [5.74, 6) is 7.07. The maximum Gasteiger partial charge on any atom is 0.283 e. The minimum atomic E-state index is -0.976. The minimum Gasteiger partial charge on any atom is -0.462 e. The number of ether oxygens (including phenoxy) is 3. The second-order valence-electron chi connectivity index (χ2n) is 8.65. The lowest BCUT2D eigenvalue weighted by Gasteiger charge is -2.33. The number of pyridine rings is 2. The van der Waals surface area contributed by atoms with Crippen LogP contribution in [0.5, 0.6) is 11.6 Å². The zero-order valence-corrected chi connectivity index (χ0v) is 17.8. The Morgan fingerprint density at radius 1 is 1.09 bits per heavy atom. The van der Waals surface area contributed by atoms with Gasteiger partial charge in [0.2, 0.25) is 5.88 Å². The number of hydrogen-bond donors (Lipinski definition) is 1. The molecule has 0 bridgehead atoms. The third kappa shape index (κ3) is 3.12. The molecule has 2 aromatic heterocycles. The average Bonchev–Trinajstić information content (AvgIpc) is 3.19. The van der Waals surface area contributed by atoms with Gasteiger partial charge in [0.05, 0.1) is 24.2 Å². The molecule has 1 spiro atoms. The number of nitrogens with two attached hydrogens (primary N) is 1. The number of hydrogen-bond acceptors (Lipinski definition) is 7. The van der Waals surface area contributed by atoms with Gasteiger partial charge in [0.25, 0.3) is 6.02 Å². The van der Waals surface area contributed by atoms with Crippen LogP contribution in [0.4, 0.5) is 4.39 Å². The molecule has 3 aliphatic rings. The molecule has 1 aromatic carbocycles. The van der Waals surface area contributed by atoms with Gasteiger partial charge in [-0.3, -0.25) is 4.98 Å². The van der Waals surface area contributed by atoms with Gasteiger partial charge in [0.15, 0.2) is 5.54 Å². The smallest absolute Gasteiger partial charge is 0.283 e. The average molecular weight is 442 g/mol. The molecule has 3 aromatic rings. The molecule has 1 fully saturated rings. The van der Waals surface area contributed by atoms with Crippen molar-refractivity contribution >= 4 is 6.02 Å². The third-order valence-electron chi connectivity index (χ3n) is 6.09. The summed E-state index contributed by atoms with van der Waals surface area (Å²) in [4.78, 5) is 13.2. The first-order valence-corrected chi connectivity index (χ1v) is 10.5. The van der Waals surface area contributed by atoms with Crippen molar-refractivity contribution in [2.24, 2.45) is 16.1 Å². The Morgan fingerprint density at radius 3 is 2.70 bits per heavy atom. The Kier molecular flexibility index (Phi) is 4.19. The molecular formula is C25H19FN4O3. The van der Waals surface area contributed by atoms with E-state index in [2.05, 4.69) is 33.7 Å². The normalized spacial score (nSPS) is 21.5. The van der Waals surface area contributed by atoms with Gasteiger partial charge in [-0.05, 0) is 36.8 Å². The van der Waals surface area contributed by atoms with Crippen LogP contribution in [0, 0.1) is 23.1 Å². The van der Waals surface area contributed by atoms with E-state index in [1.54, 1.807) is 18.3 Å². The highest BCUT2D eigenvalue weighted by atomic mass is 19.1. The Bertz CT molecular complexity index is 1390. The summed E-state index contributed by atoms with van der Waals surface area (Å²) in [7, 11) is 0. The first-order chi connectivity index (χ1) is 16.0. The van der Waals surface area contributed by atoms with Gasteiger partial charge in [0, 0.05) is 35.3 Å². The maximum absolute atomic E-state index is 14.5. The van der Waals surface area contributed by atoms with Crippen LogP contribution in [-0.4, -0.2) is 35.8 Å². The Labute approximate surface area is 189 Å². The van der Waals surface area contributed by atoms with Gasteiger partial charge in [-0.1, -0.05) is 17.9 Å². The molecule has 8 heteroatoms. The Hall–Kier alpha value is -3.96. The first kappa shape index (κ1) is 19.7. The predicted molar refractivity (Wildman–Crippen MR) is 118 cm³/mol. The van der Waals surface area contributed by atoms with Crippen LogP contribution < -0.4 is 10.5 Å². The van der Waals surface area contributed by atoms with E-state index in [1.165, 1.54) is 18.5 Å². The standard InChI is InChI=1S/C25H19FN4O3/c1-24(12-31-13-24)6-4-15-8-19-22(29-10-15)33-21-3-2-16(17-11-28-7-5-20(17)26)9-18(21)25(19)14-32-23(27)30-25/h2-3,5,7-11H,12-14H2,1H3,(H2,27,30)/t25-/m0/s1. The minimum absolute atomic E-state index is 0.0716. The van der Waals surface area contributed by atoms with Crippen molar-refractivity contribution in [3.8, 4) is 34.6 Å². The molecule has 0 saturated carbocycles. The maximum atomic E-state index is 14.5. The van der Waals surface area contributed by atoms with Crippen LogP contribution >= 0.6 is 0 Å². The van der Waals surface area contributed by atoms with Crippen LogP contribution in [0.2, 0.25) is 0 Å². The van der Waals surface area contributed by atoms with Gasteiger partial charge in [-0.15, -0.1) is 0 Å². The second kappa shape index (κ2) is 7.02. The van der Waals surface area contributed by atoms with Gasteiger partial charge in [-0.25, -0.2) is 14.4 Å². The van der Waals surface area contributed by atoms with Crippen LogP contribution in [0.15, 0.2) is 53.9 Å². The molecule has 2 N–H and O–H groups in total. The molecule has 0 amide bonds. The number of halogens is 1. The summed E-state index contributed by atoms with van der Waals surface area (Å²) in [5.41, 5.74) is 7.99. The van der Waals surface area contributed by atoms with Crippen molar-refractivity contribution in [1.29, 1.82) is 0 Å². The highest BCUT2D eigenvalue weighted by molar-refractivity contribution is 5.77. The number of aromatic nitrogens is 2. The molecule has 0 aliphatic carbocycles. The van der Waals surface area contributed by atoms with Crippen LogP contribution in [0.3, 0.4) is 0 Å². The van der Waals surface area contributed by atoms with E-state index in [1.807, 2.05) is 12.1 Å². The Balaban J connectivity index is 1.50. The number of benzene rings is 1. The van der Waals surface area contributed by atoms with Crippen molar-refractivity contribution in [3.05, 3.63) is 71.4 Å². The molecule has 33 heavy (non-hydrogen) atoms. The molecule has 1 atom stereocenters. The molecule has 0 radical (unpaired) electrons. The van der Waals surface area contributed by atoms with Crippen LogP contribution in [0.1, 0.15) is 23.6 Å². The largest absolute Gasteiger partial charge is 0.462 e. The van der Waals surface area contributed by atoms with Gasteiger partial charge >= 0.3 is 0 Å². The summed E-state index contributed by atoms with van der Waals surface area (Å²) in [6, 6.07) is 8.70. The zero-order valence-electron chi connectivity index (χ0n) is 17.8. The number of amidine groups is 1. The molecule has 1 saturated heterocycles. The van der Waals surface area contributed by atoms with Gasteiger partial charge < -0.3 is 19.9 Å². The summed E-state index contributed by atoms with van der Waals surface area (Å²) < 4.78 is 31.5. The lowest BCUT2D eigenvalue weighted by Crippen LogP contribution is -2.38. The molecule has 5 heterocycles. The van der Waals surface area contributed by atoms with Gasteiger partial charge in [0.1, 0.15) is 18.2 Å². The second-order valence-corrected chi connectivity index (χ2v) is 8.65. The zero-order chi connectivity index (χ0) is 22.6. The fraction of sp³-hybridized carbons (Fsp3) is 0.240. The number of nitrogens with zero attached hydrogens (tertiary/aromatic N) is 3. The lowest BCUT2D eigenvalue weighted by molar-refractivity contribution is -0.0648. The van der Waals surface area contributed by atoms with E-state index >= 15 is 0 Å². The van der Waals surface area contributed by atoms with E-state index in [4.69, 9.17) is 19.9 Å². The SMILES string of the molecule is CC1(C#Cc2cnc3c(c2)[C@]2(COC(N)=N2)c2cc(-c4cnccc4F)ccc2O3)COC1. The molecule has 164 valence electrons. The highest BCUT2D eigenvalue weighted by Gasteiger charge is 2.48. The van der Waals surface area contributed by atoms with E-state index in [-0.39, 0.29) is 23.9 Å². The highest BCUT2D eigenvalue weighted by Crippen LogP contribution is 2.51. The van der Waals surface area contributed by atoms with Crippen molar-refractivity contribution in [2.75, 3.05) is 19.8 Å². The number of rotatable bonds is 1. The number of fused-ring (bicyclic) bond motifs is 4. The van der Waals surface area contributed by atoms with Crippen LogP contribution in [-0.2, 0) is 15.0 Å². The summed E-state index contributed by atoms with van der Waals surface area (Å²) >= 11 is 0. The molecule has 7 nitrogen and oxygen atoms in total. The van der Waals surface area contributed by atoms with E-state index in [9.17, 15) is 4.39 Å². The third-order valence-corrected chi connectivity index (χ3v) is 6.09. The molecule has 6 rings (SSSR count). The fourth-order valence-corrected chi connectivity index (χ4v) is 4.26. The summed E-state index contributed by atoms with van der Waals surface area (Å²) in [6.07, 6.45) is 4.58. The summed E-state index contributed by atoms with van der Waals surface area (Å²) in [6.45, 7) is 3.46. The monoisotopic (exact) mass is 442 g/mol. The van der Waals surface area contributed by atoms with Crippen molar-refractivity contribution < 1.29 is 18.6 Å². The molecular weight excluding hydrogens is 423 g/mol. The predicted octanol–water partition coefficient (Wildman–Crippen LogP) is 3.36. The van der Waals surface area contributed by atoms with Crippen molar-refractivity contribution in [1.82, 2.24) is 9.97 Å². The molecule has 3 aliphatic heterocycles. The summed E-state index contributed by atoms with van der Waals surface area (Å²) in [5, 5.41) is 0. The van der Waals surface area contributed by atoms with E-state index < -0.39 is 5.54 Å². The first-order valence-electron chi connectivity index (χ1n) is 10.5. The lowest BCUT2D eigenvalue weighted by atomic mass is 9.81. The number of aliphatic imine (C=N–C) groups is 1. The van der Waals surface area contributed by atoms with Gasteiger partial charge in [-0.2, -0.15) is 0 Å². The van der Waals surface area contributed by atoms with Crippen LogP contribution in [0.25, 0.3) is 11.1 Å². The molecule has 0 unspecified atom stereocenters. The van der Waals surface area contributed by atoms with E-state index in [0.29, 0.717) is 47.1 Å². The topological polar surface area (TPSA) is 91.9 Å². The van der Waals surface area contributed by atoms with Crippen molar-refractivity contribution in [3.63, 3.8) is 0 Å². The quantitative estimate of drug-likeness (QED) is 0.581. The van der Waals surface area contributed by atoms with Crippen molar-refractivity contribution in [2.45, 2.75) is 12.5 Å². The fourth-order valence-electron chi connectivity index (χ4n) is 4.26.